The average molecular weight is 754 g/mol. The highest BCUT2D eigenvalue weighted by molar-refractivity contribution is 5.85. The predicted molar refractivity (Wildman–Crippen MR) is 207 cm³/mol. The molecule has 54 heavy (non-hydrogen) atoms. The topological polar surface area (TPSA) is 121 Å². The lowest BCUT2D eigenvalue weighted by molar-refractivity contribution is -0.179. The van der Waals surface area contributed by atoms with Gasteiger partial charge in [-0.2, -0.15) is 0 Å². The molecule has 0 radical (unpaired) electrons. The third-order valence-corrected chi connectivity index (χ3v) is 12.1. The molecule has 0 unspecified atom stereocenters. The molecule has 0 amide bonds. The van der Waals surface area contributed by atoms with Gasteiger partial charge >= 0.3 is 17.9 Å². The number of aliphatic hydroxyl groups is 1. The summed E-state index contributed by atoms with van der Waals surface area (Å²) in [5.41, 5.74) is -0.819. The van der Waals surface area contributed by atoms with Crippen LogP contribution in [-0.4, -0.2) is 78.1 Å². The lowest BCUT2D eigenvalue weighted by Crippen LogP contribution is -2.74. The van der Waals surface area contributed by atoms with Gasteiger partial charge in [-0.15, -0.1) is 0 Å². The molecule has 4 aliphatic rings. The Kier molecular flexibility index (Phi) is 14.5. The summed E-state index contributed by atoms with van der Waals surface area (Å²) in [5, 5.41) is 12.5. The molecule has 1 N–H and O–H groups in total. The zero-order valence-corrected chi connectivity index (χ0v) is 34.0. The fourth-order valence-electron chi connectivity index (χ4n) is 9.34. The first-order chi connectivity index (χ1) is 25.8. The van der Waals surface area contributed by atoms with Crippen LogP contribution in [0.25, 0.3) is 0 Å². The Balaban J connectivity index is 1.15. The number of carbonyl (C=O) groups excluding carboxylic acids is 3. The van der Waals surface area contributed by atoms with Crippen molar-refractivity contribution in [1.82, 2.24) is 4.90 Å². The average Bonchev–Trinajstić information content (AvgIpc) is 3.47. The molecule has 2 bridgehead atoms. The molecule has 10 heteroatoms. The summed E-state index contributed by atoms with van der Waals surface area (Å²) in [7, 11) is 3.61. The van der Waals surface area contributed by atoms with Crippen molar-refractivity contribution in [1.29, 1.82) is 0 Å². The molecule has 1 saturated heterocycles. The molecule has 0 aromatic heterocycles. The molecule has 2 aliphatic heterocycles. The van der Waals surface area contributed by atoms with E-state index in [9.17, 15) is 19.5 Å². The largest absolute Gasteiger partial charge is 0.493 e. The number of likely N-dealkylation sites (tertiary alicyclic amines) is 1. The van der Waals surface area contributed by atoms with Gasteiger partial charge < -0.3 is 33.7 Å². The van der Waals surface area contributed by atoms with Crippen molar-refractivity contribution in [3.8, 4) is 11.5 Å². The van der Waals surface area contributed by atoms with E-state index in [0.29, 0.717) is 30.8 Å². The van der Waals surface area contributed by atoms with Crippen molar-refractivity contribution >= 4 is 17.9 Å². The minimum atomic E-state index is -1.49. The van der Waals surface area contributed by atoms with Gasteiger partial charge in [-0.05, 0) is 71.3 Å². The Hall–Kier alpha value is -3.11. The summed E-state index contributed by atoms with van der Waals surface area (Å²) < 4.78 is 29.5. The Morgan fingerprint density at radius 2 is 1.54 bits per heavy atom. The maximum atomic E-state index is 13.9. The summed E-state index contributed by atoms with van der Waals surface area (Å²) in [5.74, 6) is -0.731. The number of ether oxygens (including phenoxy) is 5. The Morgan fingerprint density at radius 1 is 0.926 bits per heavy atom. The van der Waals surface area contributed by atoms with E-state index < -0.39 is 53.2 Å². The van der Waals surface area contributed by atoms with E-state index in [-0.39, 0.29) is 24.6 Å². The summed E-state index contributed by atoms with van der Waals surface area (Å²) in [6.07, 6.45) is 18.9. The van der Waals surface area contributed by atoms with Crippen LogP contribution < -0.4 is 9.47 Å². The van der Waals surface area contributed by atoms with Crippen LogP contribution in [0.4, 0.5) is 0 Å². The number of piperidine rings is 1. The smallest absolute Gasteiger partial charge is 0.353 e. The molecule has 2 aliphatic carbocycles. The van der Waals surface area contributed by atoms with Gasteiger partial charge in [0.15, 0.2) is 17.6 Å². The van der Waals surface area contributed by atoms with Crippen LogP contribution >= 0.6 is 0 Å². The molecular weight excluding hydrogens is 686 g/mol. The molecule has 1 aromatic rings. The zero-order chi connectivity index (χ0) is 38.9. The number of nitrogens with zero attached hydrogens (tertiary/aromatic N) is 1. The van der Waals surface area contributed by atoms with Gasteiger partial charge in [0.1, 0.15) is 11.4 Å². The number of hydrogen-bond donors (Lipinski definition) is 1. The maximum absolute atomic E-state index is 13.9. The summed E-state index contributed by atoms with van der Waals surface area (Å²) in [6, 6.07) is 3.76. The van der Waals surface area contributed by atoms with Gasteiger partial charge in [-0.1, -0.05) is 103 Å². The van der Waals surface area contributed by atoms with Gasteiger partial charge in [0.25, 0.3) is 0 Å². The normalized spacial score (nSPS) is 24.5. The van der Waals surface area contributed by atoms with Crippen molar-refractivity contribution in [3.05, 3.63) is 35.1 Å². The lowest BCUT2D eigenvalue weighted by atomic mass is 9.50. The molecule has 5 atom stereocenters. The second-order valence-corrected chi connectivity index (χ2v) is 17.2. The summed E-state index contributed by atoms with van der Waals surface area (Å²) in [4.78, 5) is 42.1. The highest BCUT2D eigenvalue weighted by Crippen LogP contribution is 2.65. The minimum Gasteiger partial charge on any atom is -0.493 e. The molecule has 2 heterocycles. The number of rotatable bonds is 22. The number of carbonyl (C=O) groups is 3. The van der Waals surface area contributed by atoms with E-state index >= 15 is 0 Å². The summed E-state index contributed by atoms with van der Waals surface area (Å²) in [6.45, 7) is 8.20. The van der Waals surface area contributed by atoms with E-state index in [1.165, 1.54) is 70.6 Å². The fourth-order valence-corrected chi connectivity index (χ4v) is 9.34. The van der Waals surface area contributed by atoms with E-state index in [0.717, 1.165) is 36.9 Å². The molecule has 1 aromatic carbocycles. The van der Waals surface area contributed by atoms with Gasteiger partial charge in [0.2, 0.25) is 6.10 Å². The van der Waals surface area contributed by atoms with Gasteiger partial charge in [-0.3, -0.25) is 9.59 Å². The number of esters is 3. The first-order valence-electron chi connectivity index (χ1n) is 21.0. The highest BCUT2D eigenvalue weighted by atomic mass is 16.6. The number of hydrogen-bond acceptors (Lipinski definition) is 10. The number of methoxy groups -OCH3 is 1. The lowest BCUT2D eigenvalue weighted by Gasteiger charge is -2.61. The van der Waals surface area contributed by atoms with Crippen molar-refractivity contribution in [2.24, 2.45) is 0 Å². The highest BCUT2D eigenvalue weighted by Gasteiger charge is 2.72. The number of likely N-dealkylation sites (N-methyl/N-ethyl adjacent to an activating group) is 1. The van der Waals surface area contributed by atoms with Crippen LogP contribution in [0.3, 0.4) is 0 Å². The summed E-state index contributed by atoms with van der Waals surface area (Å²) >= 11 is 0. The first-order valence-corrected chi connectivity index (χ1v) is 21.0. The standard InChI is InChI=1S/C44H67NO9/c1-7-8-9-10-11-12-13-14-15-16-17-18-19-20-21-22-36(46)51-34(30-37(47)54-42(2,3)4)41(48)52-33-25-26-44(49)35-29-31-23-24-32(50-6)39-38(31)43(44,40(33)53-39)27-28-45(35)5/h23-25,34-35,40,49H,7-22,26-30H2,1-6H3/t34-,35-,40-,43-,44+/m0/s1. The Bertz CT molecular complexity index is 1480. The third kappa shape index (κ3) is 9.46. The van der Waals surface area contributed by atoms with Crippen LogP contribution in [0.15, 0.2) is 24.0 Å². The SMILES string of the molecule is CCCCCCCCCCCCCCCCCC(=O)O[C@@H](CC(=O)OC(C)(C)C)C(=O)OC1=CC[C@@]2(O)[C@@H]3Cc4ccc(OC)c5c4[C@@]2(CCN3C)[C@H]1O5. The zero-order valence-electron chi connectivity index (χ0n) is 34.0. The molecular formula is C44H67NO9. The molecule has 5 rings (SSSR count). The van der Waals surface area contributed by atoms with Crippen molar-refractivity contribution in [2.75, 3.05) is 20.7 Å². The molecule has 1 fully saturated rings. The van der Waals surface area contributed by atoms with Crippen LogP contribution in [0.1, 0.15) is 161 Å². The second-order valence-electron chi connectivity index (χ2n) is 17.2. The fraction of sp³-hybridized carbons (Fsp3) is 0.750. The maximum Gasteiger partial charge on any atom is 0.353 e. The van der Waals surface area contributed by atoms with E-state index in [4.69, 9.17) is 23.7 Å². The van der Waals surface area contributed by atoms with Crippen LogP contribution in [0.5, 0.6) is 11.5 Å². The van der Waals surface area contributed by atoms with Crippen LogP contribution in [-0.2, 0) is 40.4 Å². The number of unbranched alkanes of at least 4 members (excludes halogenated alkanes) is 14. The molecule has 1 spiro atoms. The van der Waals surface area contributed by atoms with E-state index in [1.807, 2.05) is 19.2 Å². The third-order valence-electron chi connectivity index (χ3n) is 12.1. The van der Waals surface area contributed by atoms with E-state index in [1.54, 1.807) is 34.0 Å². The molecule has 10 nitrogen and oxygen atoms in total. The van der Waals surface area contributed by atoms with Gasteiger partial charge in [0, 0.05) is 24.4 Å². The molecule has 0 saturated carbocycles. The van der Waals surface area contributed by atoms with Crippen molar-refractivity contribution in [3.63, 3.8) is 0 Å². The monoisotopic (exact) mass is 753 g/mol. The van der Waals surface area contributed by atoms with Gasteiger partial charge in [-0.25, -0.2) is 4.79 Å². The second kappa shape index (κ2) is 18.7. The Labute approximate surface area is 323 Å². The molecule has 302 valence electrons. The van der Waals surface area contributed by atoms with E-state index in [2.05, 4.69) is 11.8 Å². The first kappa shape index (κ1) is 42.0. The Morgan fingerprint density at radius 3 is 2.13 bits per heavy atom. The van der Waals surface area contributed by atoms with Gasteiger partial charge in [0.05, 0.1) is 24.5 Å². The quantitative estimate of drug-likeness (QED) is 0.0702. The minimum absolute atomic E-state index is 0.147. The van der Waals surface area contributed by atoms with Crippen molar-refractivity contribution < 1.29 is 43.2 Å². The van der Waals surface area contributed by atoms with Crippen LogP contribution in [0, 0.1) is 0 Å². The van der Waals surface area contributed by atoms with Crippen LogP contribution in [0.2, 0.25) is 0 Å². The predicted octanol–water partition coefficient (Wildman–Crippen LogP) is 8.42. The number of benzene rings is 1. The van der Waals surface area contributed by atoms with Crippen molar-refractivity contribution in [2.45, 2.75) is 191 Å².